The van der Waals surface area contributed by atoms with E-state index in [-0.39, 0.29) is 2.14 Å². The highest BCUT2D eigenvalue weighted by molar-refractivity contribution is 9.39. The first-order valence-electron chi connectivity index (χ1n) is 4.59. The Morgan fingerprint density at radius 2 is 1.85 bits per heavy atom. The number of hydrogen-bond donors (Lipinski definition) is 1. The van der Waals surface area contributed by atoms with Crippen molar-refractivity contribution in [2.45, 2.75) is 35.3 Å². The Morgan fingerprint density at radius 1 is 1.31 bits per heavy atom. The van der Waals surface area contributed by atoms with Crippen LogP contribution in [0.2, 0.25) is 0 Å². The van der Waals surface area contributed by atoms with Crippen molar-refractivity contribution >= 4 is 47.8 Å². The molecular formula is C9H17Br3O. The van der Waals surface area contributed by atoms with Gasteiger partial charge in [0.2, 0.25) is 0 Å². The molecule has 0 bridgehead atoms. The van der Waals surface area contributed by atoms with E-state index < -0.39 is 0 Å². The molecule has 0 aliphatic heterocycles. The smallest absolute Gasteiger partial charge is 0.137 e. The Kier molecular flexibility index (Phi) is 7.54. The van der Waals surface area contributed by atoms with Gasteiger partial charge >= 0.3 is 0 Å². The molecule has 0 amide bonds. The lowest BCUT2D eigenvalue weighted by Crippen LogP contribution is -2.18. The first-order valence-corrected chi connectivity index (χ1v) is 6.97. The van der Waals surface area contributed by atoms with E-state index in [1.807, 2.05) is 0 Å². The van der Waals surface area contributed by atoms with Crippen LogP contribution >= 0.6 is 47.8 Å². The van der Waals surface area contributed by atoms with Crippen molar-refractivity contribution in [3.05, 3.63) is 0 Å². The molecule has 0 fully saturated rings. The van der Waals surface area contributed by atoms with Crippen molar-refractivity contribution in [3.8, 4) is 0 Å². The van der Waals surface area contributed by atoms with Gasteiger partial charge in [0.05, 0.1) is 0 Å². The Hall–Kier alpha value is 1.40. The summed E-state index contributed by atoms with van der Waals surface area (Å²) < 4.78 is -0.157. The van der Waals surface area contributed by atoms with Crippen molar-refractivity contribution in [3.63, 3.8) is 0 Å². The molecule has 0 spiro atoms. The predicted octanol–water partition coefficient (Wildman–Crippen LogP) is 4.26. The van der Waals surface area contributed by atoms with Gasteiger partial charge in [-0.05, 0) is 24.7 Å². The van der Waals surface area contributed by atoms with E-state index in [2.05, 4.69) is 61.6 Å². The Balaban J connectivity index is 3.93. The molecule has 0 aromatic rings. The van der Waals surface area contributed by atoms with Crippen LogP contribution in [0.5, 0.6) is 0 Å². The highest BCUT2D eigenvalue weighted by Crippen LogP contribution is 2.44. The van der Waals surface area contributed by atoms with Crippen LogP contribution in [0.1, 0.15) is 33.1 Å². The van der Waals surface area contributed by atoms with Crippen molar-refractivity contribution in [1.29, 1.82) is 0 Å². The fourth-order valence-corrected chi connectivity index (χ4v) is 1.87. The second kappa shape index (κ2) is 6.81. The number of aliphatic hydroxyl groups is 1. The minimum absolute atomic E-state index is 0.157. The maximum Gasteiger partial charge on any atom is 0.137 e. The summed E-state index contributed by atoms with van der Waals surface area (Å²) in [5.41, 5.74) is 0. The van der Waals surface area contributed by atoms with Crippen molar-refractivity contribution < 1.29 is 5.11 Å². The number of rotatable bonds is 5. The van der Waals surface area contributed by atoms with E-state index in [4.69, 9.17) is 5.11 Å². The lowest BCUT2D eigenvalue weighted by atomic mass is 9.92. The molecule has 0 saturated heterocycles. The third kappa shape index (κ3) is 6.47. The van der Waals surface area contributed by atoms with Crippen molar-refractivity contribution in [1.82, 2.24) is 0 Å². The van der Waals surface area contributed by atoms with E-state index in [1.165, 1.54) is 0 Å². The van der Waals surface area contributed by atoms with E-state index in [0.29, 0.717) is 18.4 Å². The maximum atomic E-state index is 8.85. The molecule has 0 aliphatic carbocycles. The predicted molar refractivity (Wildman–Crippen MR) is 68.8 cm³/mol. The summed E-state index contributed by atoms with van der Waals surface area (Å²) in [5.74, 6) is 1.11. The monoisotopic (exact) mass is 378 g/mol. The first kappa shape index (κ1) is 14.4. The quantitative estimate of drug-likeness (QED) is 0.706. The van der Waals surface area contributed by atoms with Crippen LogP contribution in [0.25, 0.3) is 0 Å². The average Bonchev–Trinajstić information content (AvgIpc) is 2.01. The summed E-state index contributed by atoms with van der Waals surface area (Å²) >= 11 is 10.6. The number of aliphatic hydroxyl groups excluding tert-OH is 1. The fraction of sp³-hybridized carbons (Fsp3) is 1.00. The number of hydrogen-bond acceptors (Lipinski definition) is 1. The fourth-order valence-electron chi connectivity index (χ4n) is 1.30. The zero-order valence-corrected chi connectivity index (χ0v) is 12.8. The van der Waals surface area contributed by atoms with Gasteiger partial charge in [0.25, 0.3) is 0 Å². The summed E-state index contributed by atoms with van der Waals surface area (Å²) in [6, 6.07) is 0. The molecule has 0 aromatic heterocycles. The van der Waals surface area contributed by atoms with Gasteiger partial charge < -0.3 is 5.11 Å². The molecule has 0 saturated carbocycles. The van der Waals surface area contributed by atoms with Crippen LogP contribution < -0.4 is 0 Å². The van der Waals surface area contributed by atoms with Crippen LogP contribution in [0.3, 0.4) is 0 Å². The molecule has 0 aromatic carbocycles. The highest BCUT2D eigenvalue weighted by Gasteiger charge is 2.28. The van der Waals surface area contributed by atoms with E-state index >= 15 is 0 Å². The van der Waals surface area contributed by atoms with Crippen LogP contribution in [0, 0.1) is 11.8 Å². The van der Waals surface area contributed by atoms with Gasteiger partial charge in [-0.1, -0.05) is 68.1 Å². The summed E-state index contributed by atoms with van der Waals surface area (Å²) in [5, 5.41) is 8.85. The summed E-state index contributed by atoms with van der Waals surface area (Å²) in [4.78, 5) is 0. The molecule has 13 heavy (non-hydrogen) atoms. The Labute approximate surface area is 106 Å². The Morgan fingerprint density at radius 3 is 2.15 bits per heavy atom. The lowest BCUT2D eigenvalue weighted by molar-refractivity contribution is 0.239. The number of halogens is 3. The van der Waals surface area contributed by atoms with E-state index in [0.717, 1.165) is 19.3 Å². The normalized spacial score (nSPS) is 17.1. The van der Waals surface area contributed by atoms with Gasteiger partial charge in [0.1, 0.15) is 2.14 Å². The third-order valence-electron chi connectivity index (χ3n) is 2.36. The minimum atomic E-state index is -0.157. The summed E-state index contributed by atoms with van der Waals surface area (Å²) in [6.45, 7) is 4.65. The van der Waals surface area contributed by atoms with Gasteiger partial charge in [-0.2, -0.15) is 0 Å². The SMILES string of the molecule is CCC(CCO)CC(C)C(Br)(Br)Br. The van der Waals surface area contributed by atoms with Crippen LogP contribution in [-0.4, -0.2) is 13.9 Å². The van der Waals surface area contributed by atoms with Gasteiger partial charge in [0.15, 0.2) is 0 Å². The molecule has 1 N–H and O–H groups in total. The summed E-state index contributed by atoms with van der Waals surface area (Å²) in [6.07, 6.45) is 3.15. The van der Waals surface area contributed by atoms with Crippen LogP contribution in [0.4, 0.5) is 0 Å². The molecule has 0 rings (SSSR count). The molecule has 0 radical (unpaired) electrons. The minimum Gasteiger partial charge on any atom is -0.396 e. The van der Waals surface area contributed by atoms with Gasteiger partial charge in [-0.3, -0.25) is 0 Å². The van der Waals surface area contributed by atoms with E-state index in [9.17, 15) is 0 Å². The lowest BCUT2D eigenvalue weighted by Gasteiger charge is -2.25. The zero-order valence-electron chi connectivity index (χ0n) is 8.06. The van der Waals surface area contributed by atoms with Crippen molar-refractivity contribution in [2.24, 2.45) is 11.8 Å². The highest BCUT2D eigenvalue weighted by atomic mass is 80.0. The standard InChI is InChI=1S/C9H17Br3O/c1-3-8(4-5-13)6-7(2)9(10,11)12/h7-8,13H,3-6H2,1-2H3. The largest absolute Gasteiger partial charge is 0.396 e. The van der Waals surface area contributed by atoms with Crippen LogP contribution in [0.15, 0.2) is 0 Å². The molecule has 1 nitrogen and oxygen atoms in total. The van der Waals surface area contributed by atoms with Gasteiger partial charge in [-0.25, -0.2) is 0 Å². The topological polar surface area (TPSA) is 20.2 Å². The molecule has 80 valence electrons. The van der Waals surface area contributed by atoms with Crippen LogP contribution in [-0.2, 0) is 0 Å². The molecule has 0 heterocycles. The van der Waals surface area contributed by atoms with Gasteiger partial charge in [0, 0.05) is 6.61 Å². The van der Waals surface area contributed by atoms with E-state index in [1.54, 1.807) is 0 Å². The molecule has 2 atom stereocenters. The Bertz CT molecular complexity index is 133. The summed E-state index contributed by atoms with van der Waals surface area (Å²) in [7, 11) is 0. The number of alkyl halides is 3. The molecular weight excluding hydrogens is 364 g/mol. The third-order valence-corrected chi connectivity index (χ3v) is 4.71. The average molecular weight is 381 g/mol. The first-order chi connectivity index (χ1) is 5.91. The maximum absolute atomic E-state index is 8.85. The van der Waals surface area contributed by atoms with Crippen molar-refractivity contribution in [2.75, 3.05) is 6.61 Å². The molecule has 0 aliphatic rings. The second-order valence-electron chi connectivity index (χ2n) is 3.46. The molecule has 2 unspecified atom stereocenters. The second-order valence-corrected chi connectivity index (χ2v) is 10.4. The van der Waals surface area contributed by atoms with Gasteiger partial charge in [-0.15, -0.1) is 0 Å². The zero-order chi connectivity index (χ0) is 10.5. The molecule has 4 heteroatoms.